The van der Waals surface area contributed by atoms with E-state index in [1.54, 1.807) is 0 Å². The van der Waals surface area contributed by atoms with E-state index in [1.165, 1.54) is 26.4 Å². The van der Waals surface area contributed by atoms with Gasteiger partial charge in [-0.25, -0.2) is 4.79 Å². The van der Waals surface area contributed by atoms with Crippen LogP contribution in [-0.2, 0) is 41.7 Å². The molecule has 2 aromatic carbocycles. The molecule has 1 aliphatic heterocycles. The third-order valence-corrected chi connectivity index (χ3v) is 7.90. The second kappa shape index (κ2) is 19.1. The summed E-state index contributed by atoms with van der Waals surface area (Å²) in [6.45, 7) is 5.43. The highest BCUT2D eigenvalue weighted by Gasteiger charge is 2.47. The molecule has 4 N–H and O–H groups in total. The Bertz CT molecular complexity index is 1400. The van der Waals surface area contributed by atoms with E-state index in [9.17, 15) is 29.7 Å². The van der Waals surface area contributed by atoms with Crippen molar-refractivity contribution in [2.75, 3.05) is 20.8 Å². The molecule has 0 saturated carbocycles. The average molecular weight is 710 g/mol. The molecule has 1 heterocycles. The minimum Gasteiger partial charge on any atom is -0.496 e. The number of nitrogens with one attached hydrogen (secondary N) is 1. The molecule has 0 spiro atoms. The highest BCUT2D eigenvalue weighted by atomic mass is 35.5. The Kier molecular flexibility index (Phi) is 15.6. The molecular formula is C35H48ClNO12. The summed E-state index contributed by atoms with van der Waals surface area (Å²) in [7, 11) is 2.61. The van der Waals surface area contributed by atoms with E-state index < -0.39 is 48.9 Å². The number of methoxy groups -OCH3 is 2. The van der Waals surface area contributed by atoms with Gasteiger partial charge in [-0.2, -0.15) is 0 Å². The van der Waals surface area contributed by atoms with Crippen molar-refractivity contribution in [3.8, 4) is 11.5 Å². The molecule has 14 heteroatoms. The van der Waals surface area contributed by atoms with Gasteiger partial charge in [-0.05, 0) is 50.8 Å². The highest BCUT2D eigenvalue weighted by Crippen LogP contribution is 2.35. The summed E-state index contributed by atoms with van der Waals surface area (Å²) in [6, 6.07) is 10.2. The molecule has 0 unspecified atom stereocenters. The van der Waals surface area contributed by atoms with Crippen molar-refractivity contribution >= 4 is 29.4 Å². The minimum atomic E-state index is -1.60. The number of ether oxygens (including phenoxy) is 6. The van der Waals surface area contributed by atoms with E-state index in [0.29, 0.717) is 19.4 Å². The number of aliphatic hydroxyl groups is 3. The lowest BCUT2D eigenvalue weighted by Crippen LogP contribution is -2.60. The van der Waals surface area contributed by atoms with Crippen molar-refractivity contribution in [1.29, 1.82) is 0 Å². The SMILES string of the molecule is COc1cc(OCc2cccc(CNC(=O)CCCCCCC(=O)OC(C)(C)C)c2)c(Cl)cc1C(=O)O[C@H]1[C@@H](OC)O[C@H](CO)[C@@H](O)[C@@H]1O. The van der Waals surface area contributed by atoms with E-state index >= 15 is 0 Å². The van der Waals surface area contributed by atoms with E-state index in [2.05, 4.69) is 5.32 Å². The smallest absolute Gasteiger partial charge is 0.342 e. The van der Waals surface area contributed by atoms with E-state index in [4.69, 9.17) is 40.0 Å². The Morgan fingerprint density at radius 3 is 2.29 bits per heavy atom. The fraction of sp³-hybridized carbons (Fsp3) is 0.571. The number of rotatable bonds is 17. The van der Waals surface area contributed by atoms with Gasteiger partial charge in [0.25, 0.3) is 0 Å². The van der Waals surface area contributed by atoms with Gasteiger partial charge >= 0.3 is 11.9 Å². The van der Waals surface area contributed by atoms with Crippen LogP contribution in [0.25, 0.3) is 0 Å². The second-order valence-corrected chi connectivity index (χ2v) is 13.1. The number of unbranched alkanes of at least 4 members (excludes halogenated alkanes) is 3. The lowest BCUT2D eigenvalue weighted by atomic mass is 9.99. The lowest BCUT2D eigenvalue weighted by Gasteiger charge is -2.40. The van der Waals surface area contributed by atoms with Gasteiger partial charge in [0.2, 0.25) is 5.91 Å². The molecule has 272 valence electrons. The monoisotopic (exact) mass is 709 g/mol. The first-order chi connectivity index (χ1) is 23.3. The number of amides is 1. The number of benzene rings is 2. The molecule has 49 heavy (non-hydrogen) atoms. The summed E-state index contributed by atoms with van der Waals surface area (Å²) >= 11 is 6.46. The quantitative estimate of drug-likeness (QED) is 0.138. The van der Waals surface area contributed by atoms with Gasteiger partial charge in [0.15, 0.2) is 12.4 Å². The first-order valence-electron chi connectivity index (χ1n) is 16.2. The average Bonchev–Trinajstić information content (AvgIpc) is 3.06. The number of carbonyl (C=O) groups excluding carboxylic acids is 3. The number of aliphatic hydroxyl groups excluding tert-OH is 3. The van der Waals surface area contributed by atoms with Crippen LogP contribution in [0.4, 0.5) is 0 Å². The zero-order valence-electron chi connectivity index (χ0n) is 28.6. The maximum Gasteiger partial charge on any atom is 0.342 e. The van der Waals surface area contributed by atoms with Crippen LogP contribution in [0.2, 0.25) is 5.02 Å². The van der Waals surface area contributed by atoms with Crippen molar-refractivity contribution < 1.29 is 58.1 Å². The van der Waals surface area contributed by atoms with Crippen LogP contribution in [0, 0.1) is 0 Å². The van der Waals surface area contributed by atoms with Crippen LogP contribution in [0.3, 0.4) is 0 Å². The molecule has 1 saturated heterocycles. The van der Waals surface area contributed by atoms with Crippen LogP contribution < -0.4 is 14.8 Å². The van der Waals surface area contributed by atoms with Crippen LogP contribution in [0.1, 0.15) is 80.8 Å². The predicted molar refractivity (Wildman–Crippen MR) is 178 cm³/mol. The number of halogens is 1. The number of carbonyl (C=O) groups is 3. The van der Waals surface area contributed by atoms with Crippen molar-refractivity contribution in [2.45, 2.75) is 109 Å². The summed E-state index contributed by atoms with van der Waals surface area (Å²) in [5, 5.41) is 33.1. The Morgan fingerprint density at radius 1 is 0.939 bits per heavy atom. The van der Waals surface area contributed by atoms with Crippen molar-refractivity contribution in [3.63, 3.8) is 0 Å². The van der Waals surface area contributed by atoms with Crippen molar-refractivity contribution in [3.05, 3.63) is 58.1 Å². The highest BCUT2D eigenvalue weighted by molar-refractivity contribution is 6.32. The molecule has 1 fully saturated rings. The van der Waals surface area contributed by atoms with Crippen LogP contribution in [0.15, 0.2) is 36.4 Å². The summed E-state index contributed by atoms with van der Waals surface area (Å²) in [5.41, 5.74) is 1.14. The fourth-order valence-corrected chi connectivity index (χ4v) is 5.33. The molecule has 1 aliphatic rings. The van der Waals surface area contributed by atoms with Crippen molar-refractivity contribution in [2.24, 2.45) is 0 Å². The molecule has 0 bridgehead atoms. The zero-order chi connectivity index (χ0) is 36.1. The summed E-state index contributed by atoms with van der Waals surface area (Å²) in [5.74, 6) is -0.871. The van der Waals surface area contributed by atoms with Gasteiger partial charge in [-0.15, -0.1) is 0 Å². The Balaban J connectivity index is 1.49. The molecule has 0 aliphatic carbocycles. The van der Waals surface area contributed by atoms with Gasteiger partial charge in [-0.3, -0.25) is 9.59 Å². The molecule has 0 aromatic heterocycles. The summed E-state index contributed by atoms with van der Waals surface area (Å²) < 4.78 is 32.6. The Hall–Kier alpha value is -3.46. The van der Waals surface area contributed by atoms with E-state index in [-0.39, 0.29) is 40.6 Å². The summed E-state index contributed by atoms with van der Waals surface area (Å²) in [4.78, 5) is 37.3. The molecular weight excluding hydrogens is 662 g/mol. The van der Waals surface area contributed by atoms with Gasteiger partial charge in [0.1, 0.15) is 47.6 Å². The Morgan fingerprint density at radius 2 is 1.63 bits per heavy atom. The molecule has 0 radical (unpaired) electrons. The van der Waals surface area contributed by atoms with Gasteiger partial charge in [-0.1, -0.05) is 48.7 Å². The van der Waals surface area contributed by atoms with Crippen LogP contribution in [-0.4, -0.2) is 90.3 Å². The topological polar surface area (TPSA) is 179 Å². The van der Waals surface area contributed by atoms with Gasteiger partial charge in [0, 0.05) is 32.6 Å². The van der Waals surface area contributed by atoms with E-state index in [0.717, 1.165) is 36.8 Å². The normalized spacial score (nSPS) is 20.7. The zero-order valence-corrected chi connectivity index (χ0v) is 29.4. The predicted octanol–water partition coefficient (Wildman–Crippen LogP) is 3.84. The maximum absolute atomic E-state index is 13.1. The van der Waals surface area contributed by atoms with Crippen LogP contribution in [0.5, 0.6) is 11.5 Å². The minimum absolute atomic E-state index is 0.0555. The molecule has 13 nitrogen and oxygen atoms in total. The molecule has 2 aromatic rings. The third-order valence-electron chi connectivity index (χ3n) is 7.60. The molecule has 5 atom stereocenters. The number of hydrogen-bond acceptors (Lipinski definition) is 12. The third kappa shape index (κ3) is 12.4. The number of hydrogen-bond donors (Lipinski definition) is 4. The van der Waals surface area contributed by atoms with Gasteiger partial charge in [0.05, 0.1) is 18.7 Å². The second-order valence-electron chi connectivity index (χ2n) is 12.7. The standard InChI is InChI=1S/C35H48ClNO12/c1-35(2,3)49-29(40)14-9-7-6-8-13-28(39)37-18-21-11-10-12-22(15-21)20-46-26-17-25(44-4)23(16-24(26)36)33(43)48-32-31(42)30(41)27(19-38)47-34(32)45-5/h10-12,15-17,27,30-32,34,38,41-42H,6-9,13-14,18-20H2,1-5H3,(H,37,39)/t27-,30-,31+,32-,34+/m1/s1. The maximum atomic E-state index is 13.1. The molecule has 3 rings (SSSR count). The largest absolute Gasteiger partial charge is 0.496 e. The van der Waals surface area contributed by atoms with Gasteiger partial charge < -0.3 is 49.1 Å². The lowest BCUT2D eigenvalue weighted by molar-refractivity contribution is -0.293. The van der Waals surface area contributed by atoms with E-state index in [1.807, 2.05) is 45.0 Å². The first-order valence-corrected chi connectivity index (χ1v) is 16.6. The first kappa shape index (κ1) is 40.0. The summed E-state index contributed by atoms with van der Waals surface area (Å²) in [6.07, 6.45) is -2.97. The Labute approximate surface area is 291 Å². The number of esters is 2. The fourth-order valence-electron chi connectivity index (χ4n) is 5.11. The van der Waals surface area contributed by atoms with Crippen molar-refractivity contribution in [1.82, 2.24) is 5.32 Å². The molecule has 1 amide bonds. The van der Waals surface area contributed by atoms with Crippen LogP contribution >= 0.6 is 11.6 Å².